The summed E-state index contributed by atoms with van der Waals surface area (Å²) < 4.78 is 0. The Bertz CT molecular complexity index is 315. The molecule has 130 valence electrons. The van der Waals surface area contributed by atoms with Crippen molar-refractivity contribution in [1.29, 1.82) is 0 Å². The fourth-order valence-electron chi connectivity index (χ4n) is 1.41. The van der Waals surface area contributed by atoms with Crippen LogP contribution in [0.1, 0.15) is 53.9 Å². The lowest BCUT2D eigenvalue weighted by Crippen LogP contribution is -2.31. The first-order valence-corrected chi connectivity index (χ1v) is 8.09. The normalized spacial score (nSPS) is 11.5. The average molecular weight is 313 g/mol. The molecule has 2 amide bonds. The molecule has 1 unspecified atom stereocenters. The number of unbranched alkanes of at least 4 members (excludes halogenated alkanes) is 1. The summed E-state index contributed by atoms with van der Waals surface area (Å²) in [6, 6.07) is 0.670. The van der Waals surface area contributed by atoms with E-state index in [-0.39, 0.29) is 23.8 Å². The second-order valence-electron chi connectivity index (χ2n) is 5.93. The zero-order valence-corrected chi connectivity index (χ0v) is 15.2. The van der Waals surface area contributed by atoms with Crippen molar-refractivity contribution in [1.82, 2.24) is 16.0 Å². The van der Waals surface area contributed by atoms with Crippen LogP contribution in [0.5, 0.6) is 0 Å². The highest BCUT2D eigenvalue weighted by atomic mass is 16.2. The van der Waals surface area contributed by atoms with Crippen molar-refractivity contribution in [3.05, 3.63) is 12.7 Å². The summed E-state index contributed by atoms with van der Waals surface area (Å²) in [5.74, 6) is 0.0884. The summed E-state index contributed by atoms with van der Waals surface area (Å²) >= 11 is 0. The van der Waals surface area contributed by atoms with Gasteiger partial charge in [0.25, 0.3) is 0 Å². The Morgan fingerprint density at radius 2 is 1.68 bits per heavy atom. The van der Waals surface area contributed by atoms with Crippen molar-refractivity contribution in [2.75, 3.05) is 13.6 Å². The van der Waals surface area contributed by atoms with Gasteiger partial charge in [-0.25, -0.2) is 0 Å². The molecule has 5 nitrogen and oxygen atoms in total. The van der Waals surface area contributed by atoms with Crippen LogP contribution in [0, 0.1) is 5.92 Å². The van der Waals surface area contributed by atoms with Gasteiger partial charge < -0.3 is 16.0 Å². The smallest absolute Gasteiger partial charge is 0.222 e. The van der Waals surface area contributed by atoms with Crippen LogP contribution in [-0.2, 0) is 9.59 Å². The minimum absolute atomic E-state index is 0.0355. The zero-order chi connectivity index (χ0) is 17.5. The molecule has 0 aliphatic carbocycles. The number of carbonyl (C=O) groups excluding carboxylic acids is 2. The molecule has 0 rings (SSSR count). The molecule has 0 saturated carbocycles. The van der Waals surface area contributed by atoms with Gasteiger partial charge in [-0.2, -0.15) is 0 Å². The van der Waals surface area contributed by atoms with Crippen molar-refractivity contribution >= 4 is 11.8 Å². The number of amides is 2. The standard InChI is InChI=1S/C13H24N2O2.C4H11N/c1-5-12(15-11(4)16)8-6-7-9-14-13(17)10(2)3;1-4(2)5-3/h5,10,12H,1,6-9H2,2-4H3,(H,14,17)(H,15,16);4-5H,1-3H3. The summed E-state index contributed by atoms with van der Waals surface area (Å²) in [7, 11) is 1.95. The molecular weight excluding hydrogens is 278 g/mol. The lowest BCUT2D eigenvalue weighted by atomic mass is 10.1. The van der Waals surface area contributed by atoms with Gasteiger partial charge in [-0.15, -0.1) is 6.58 Å². The number of hydrogen-bond donors (Lipinski definition) is 3. The molecular formula is C17H35N3O2. The zero-order valence-electron chi connectivity index (χ0n) is 15.2. The first-order chi connectivity index (χ1) is 10.2. The van der Waals surface area contributed by atoms with Crippen molar-refractivity contribution in [3.8, 4) is 0 Å². The summed E-state index contributed by atoms with van der Waals surface area (Å²) in [6.07, 6.45) is 4.48. The third kappa shape index (κ3) is 16.7. The van der Waals surface area contributed by atoms with E-state index < -0.39 is 0 Å². The molecule has 1 atom stereocenters. The molecule has 0 aliphatic heterocycles. The van der Waals surface area contributed by atoms with Crippen LogP contribution in [0.3, 0.4) is 0 Å². The van der Waals surface area contributed by atoms with Gasteiger partial charge in [0.15, 0.2) is 0 Å². The largest absolute Gasteiger partial charge is 0.356 e. The Labute approximate surface area is 136 Å². The number of nitrogens with one attached hydrogen (secondary N) is 3. The van der Waals surface area contributed by atoms with Gasteiger partial charge >= 0.3 is 0 Å². The Hall–Kier alpha value is -1.36. The highest BCUT2D eigenvalue weighted by molar-refractivity contribution is 5.77. The van der Waals surface area contributed by atoms with Gasteiger partial charge in [0.2, 0.25) is 11.8 Å². The van der Waals surface area contributed by atoms with Crippen LogP contribution in [0.25, 0.3) is 0 Å². The molecule has 0 aromatic rings. The molecule has 0 saturated heterocycles. The quantitative estimate of drug-likeness (QED) is 0.451. The highest BCUT2D eigenvalue weighted by Crippen LogP contribution is 2.01. The van der Waals surface area contributed by atoms with Gasteiger partial charge in [0.1, 0.15) is 0 Å². The van der Waals surface area contributed by atoms with Crippen molar-refractivity contribution in [2.24, 2.45) is 5.92 Å². The maximum atomic E-state index is 11.3. The predicted octanol–water partition coefficient (Wildman–Crippen LogP) is 2.23. The molecule has 0 bridgehead atoms. The summed E-state index contributed by atoms with van der Waals surface area (Å²) in [6.45, 7) is 13.8. The Kier molecular flexibility index (Phi) is 15.2. The lowest BCUT2D eigenvalue weighted by Gasteiger charge is -2.13. The maximum absolute atomic E-state index is 11.3. The third-order valence-corrected chi connectivity index (χ3v) is 3.02. The van der Waals surface area contributed by atoms with E-state index in [4.69, 9.17) is 0 Å². The Morgan fingerprint density at radius 3 is 2.05 bits per heavy atom. The molecule has 22 heavy (non-hydrogen) atoms. The number of hydrogen-bond acceptors (Lipinski definition) is 3. The Balaban J connectivity index is 0. The molecule has 0 aliphatic rings. The van der Waals surface area contributed by atoms with Crippen LogP contribution in [0.15, 0.2) is 12.7 Å². The molecule has 0 spiro atoms. The Morgan fingerprint density at radius 1 is 1.14 bits per heavy atom. The molecule has 0 aromatic carbocycles. The predicted molar refractivity (Wildman–Crippen MR) is 93.7 cm³/mol. The van der Waals surface area contributed by atoms with E-state index in [1.54, 1.807) is 6.08 Å². The van der Waals surface area contributed by atoms with E-state index in [0.29, 0.717) is 12.6 Å². The maximum Gasteiger partial charge on any atom is 0.222 e. The van der Waals surface area contributed by atoms with E-state index in [1.807, 2.05) is 20.9 Å². The second kappa shape index (κ2) is 14.6. The van der Waals surface area contributed by atoms with Crippen LogP contribution in [-0.4, -0.2) is 37.5 Å². The van der Waals surface area contributed by atoms with Gasteiger partial charge in [0.05, 0.1) is 0 Å². The summed E-state index contributed by atoms with van der Waals surface area (Å²) in [5.41, 5.74) is 0. The topological polar surface area (TPSA) is 70.2 Å². The SMILES string of the molecule is C=CC(CCCCNC(=O)C(C)C)NC(C)=O.CNC(C)C. The van der Waals surface area contributed by atoms with Crippen molar-refractivity contribution < 1.29 is 9.59 Å². The average Bonchev–Trinajstić information content (AvgIpc) is 2.45. The van der Waals surface area contributed by atoms with Crippen LogP contribution >= 0.6 is 0 Å². The fraction of sp³-hybridized carbons (Fsp3) is 0.765. The number of rotatable bonds is 9. The van der Waals surface area contributed by atoms with Crippen molar-refractivity contribution in [3.63, 3.8) is 0 Å². The lowest BCUT2D eigenvalue weighted by molar-refractivity contribution is -0.124. The summed E-state index contributed by atoms with van der Waals surface area (Å²) in [4.78, 5) is 22.1. The minimum atomic E-state index is -0.0389. The second-order valence-corrected chi connectivity index (χ2v) is 5.93. The minimum Gasteiger partial charge on any atom is -0.356 e. The monoisotopic (exact) mass is 313 g/mol. The van der Waals surface area contributed by atoms with Gasteiger partial charge in [-0.3, -0.25) is 9.59 Å². The van der Waals surface area contributed by atoms with Gasteiger partial charge in [-0.05, 0) is 26.3 Å². The third-order valence-electron chi connectivity index (χ3n) is 3.02. The number of carbonyl (C=O) groups is 2. The van der Waals surface area contributed by atoms with Gasteiger partial charge in [0, 0.05) is 31.5 Å². The molecule has 3 N–H and O–H groups in total. The molecule has 0 fully saturated rings. The van der Waals surface area contributed by atoms with Crippen LogP contribution in [0.4, 0.5) is 0 Å². The van der Waals surface area contributed by atoms with E-state index >= 15 is 0 Å². The summed E-state index contributed by atoms with van der Waals surface area (Å²) in [5, 5.41) is 8.69. The first-order valence-electron chi connectivity index (χ1n) is 8.09. The van der Waals surface area contributed by atoms with E-state index in [9.17, 15) is 9.59 Å². The van der Waals surface area contributed by atoms with Crippen LogP contribution < -0.4 is 16.0 Å². The molecule has 5 heteroatoms. The molecule has 0 heterocycles. The van der Waals surface area contributed by atoms with Crippen molar-refractivity contribution in [2.45, 2.75) is 66.0 Å². The van der Waals surface area contributed by atoms with E-state index in [0.717, 1.165) is 19.3 Å². The van der Waals surface area contributed by atoms with Gasteiger partial charge in [-0.1, -0.05) is 33.8 Å². The molecule has 0 radical (unpaired) electrons. The highest BCUT2D eigenvalue weighted by Gasteiger charge is 2.06. The first kappa shape index (κ1) is 22.9. The van der Waals surface area contributed by atoms with Crippen LogP contribution in [0.2, 0.25) is 0 Å². The van der Waals surface area contributed by atoms with E-state index in [2.05, 4.69) is 36.4 Å². The fourth-order valence-corrected chi connectivity index (χ4v) is 1.41. The van der Waals surface area contributed by atoms with E-state index in [1.165, 1.54) is 6.92 Å². The molecule has 0 aromatic heterocycles.